The number of ether oxygens (including phenoxy) is 3. The lowest BCUT2D eigenvalue weighted by atomic mass is 10.1. The molecule has 1 aromatic carbocycles. The van der Waals surface area contributed by atoms with Gasteiger partial charge in [-0.3, -0.25) is 14.4 Å². The SMILES string of the molecule is CC(=O)NCC(=O)OC(C)C(=O)OCCCC(=O)OC(C)c1ccccc1. The van der Waals surface area contributed by atoms with E-state index in [4.69, 9.17) is 14.2 Å². The zero-order valence-electron chi connectivity index (χ0n) is 15.7. The fraction of sp³-hybridized carbons (Fsp3) is 0.474. The summed E-state index contributed by atoms with van der Waals surface area (Å²) in [5.41, 5.74) is 0.896. The minimum atomic E-state index is -1.10. The smallest absolute Gasteiger partial charge is 0.347 e. The van der Waals surface area contributed by atoms with Crippen molar-refractivity contribution < 1.29 is 33.4 Å². The van der Waals surface area contributed by atoms with E-state index in [-0.39, 0.29) is 31.6 Å². The van der Waals surface area contributed by atoms with Crippen molar-refractivity contribution in [2.75, 3.05) is 13.2 Å². The molecule has 148 valence electrons. The highest BCUT2D eigenvalue weighted by molar-refractivity contribution is 5.83. The molecule has 0 aliphatic rings. The van der Waals surface area contributed by atoms with Gasteiger partial charge in [-0.05, 0) is 25.8 Å². The van der Waals surface area contributed by atoms with E-state index in [1.54, 1.807) is 6.92 Å². The van der Waals surface area contributed by atoms with Gasteiger partial charge in [0.2, 0.25) is 5.91 Å². The lowest BCUT2D eigenvalue weighted by Gasteiger charge is -2.14. The van der Waals surface area contributed by atoms with Gasteiger partial charge in [0, 0.05) is 13.3 Å². The minimum Gasteiger partial charge on any atom is -0.463 e. The third-order valence-electron chi connectivity index (χ3n) is 3.47. The van der Waals surface area contributed by atoms with Gasteiger partial charge in [0.15, 0.2) is 6.10 Å². The molecule has 27 heavy (non-hydrogen) atoms. The topological polar surface area (TPSA) is 108 Å². The molecular weight excluding hydrogens is 354 g/mol. The second kappa shape index (κ2) is 11.7. The Bertz CT molecular complexity index is 645. The standard InChI is InChI=1S/C19H25NO7/c1-13(16-8-5-4-6-9-16)26-17(22)10-7-11-25-19(24)14(2)27-18(23)12-20-15(3)21/h4-6,8-9,13-14H,7,10-12H2,1-3H3,(H,20,21). The van der Waals surface area contributed by atoms with Crippen LogP contribution in [0.1, 0.15) is 45.3 Å². The Morgan fingerprint density at radius 1 is 1.00 bits per heavy atom. The first-order chi connectivity index (χ1) is 12.8. The van der Waals surface area contributed by atoms with Gasteiger partial charge in [-0.1, -0.05) is 30.3 Å². The molecule has 2 atom stereocenters. The maximum atomic E-state index is 11.8. The van der Waals surface area contributed by atoms with Gasteiger partial charge < -0.3 is 19.5 Å². The Hall–Kier alpha value is -2.90. The predicted molar refractivity (Wildman–Crippen MR) is 95.4 cm³/mol. The summed E-state index contributed by atoms with van der Waals surface area (Å²) in [5.74, 6) is -2.24. The first-order valence-corrected chi connectivity index (χ1v) is 8.64. The summed E-state index contributed by atoms with van der Waals surface area (Å²) >= 11 is 0. The number of nitrogens with one attached hydrogen (secondary N) is 1. The molecule has 1 amide bonds. The lowest BCUT2D eigenvalue weighted by molar-refractivity contribution is -0.166. The Labute approximate surface area is 158 Å². The van der Waals surface area contributed by atoms with E-state index in [0.717, 1.165) is 5.56 Å². The second-order valence-electron chi connectivity index (χ2n) is 5.86. The molecule has 2 unspecified atom stereocenters. The monoisotopic (exact) mass is 379 g/mol. The quantitative estimate of drug-likeness (QED) is 0.374. The van der Waals surface area contributed by atoms with Crippen LogP contribution in [0.25, 0.3) is 0 Å². The summed E-state index contributed by atoms with van der Waals surface area (Å²) in [7, 11) is 0. The van der Waals surface area contributed by atoms with Crippen LogP contribution in [0.2, 0.25) is 0 Å². The molecule has 1 rings (SSSR count). The predicted octanol–water partition coefficient (Wildman–Crippen LogP) is 1.68. The molecule has 0 aliphatic heterocycles. The Kier molecular flexibility index (Phi) is 9.57. The van der Waals surface area contributed by atoms with Crippen LogP contribution >= 0.6 is 0 Å². The Morgan fingerprint density at radius 2 is 1.67 bits per heavy atom. The molecule has 0 spiro atoms. The molecule has 0 saturated heterocycles. The van der Waals surface area contributed by atoms with E-state index >= 15 is 0 Å². The van der Waals surface area contributed by atoms with E-state index in [1.807, 2.05) is 30.3 Å². The minimum absolute atomic E-state index is 0.00123. The Balaban J connectivity index is 2.20. The van der Waals surface area contributed by atoms with Crippen molar-refractivity contribution in [2.45, 2.75) is 45.8 Å². The van der Waals surface area contributed by atoms with Crippen molar-refractivity contribution in [3.05, 3.63) is 35.9 Å². The molecular formula is C19H25NO7. The summed E-state index contributed by atoms with van der Waals surface area (Å²) in [6, 6.07) is 9.35. The van der Waals surface area contributed by atoms with E-state index in [1.165, 1.54) is 13.8 Å². The lowest BCUT2D eigenvalue weighted by Crippen LogP contribution is -2.33. The molecule has 8 nitrogen and oxygen atoms in total. The highest BCUT2D eigenvalue weighted by Crippen LogP contribution is 2.16. The molecule has 0 aromatic heterocycles. The fourth-order valence-electron chi connectivity index (χ4n) is 2.04. The van der Waals surface area contributed by atoms with E-state index in [0.29, 0.717) is 6.42 Å². The molecule has 1 aromatic rings. The second-order valence-corrected chi connectivity index (χ2v) is 5.86. The van der Waals surface area contributed by atoms with Crippen molar-refractivity contribution in [2.24, 2.45) is 0 Å². The highest BCUT2D eigenvalue weighted by atomic mass is 16.6. The van der Waals surface area contributed by atoms with Crippen LogP contribution in [-0.4, -0.2) is 43.1 Å². The van der Waals surface area contributed by atoms with Crippen molar-refractivity contribution in [1.82, 2.24) is 5.32 Å². The Morgan fingerprint density at radius 3 is 2.30 bits per heavy atom. The molecule has 1 N–H and O–H groups in total. The average molecular weight is 379 g/mol. The molecule has 0 saturated carbocycles. The zero-order chi connectivity index (χ0) is 20.2. The van der Waals surface area contributed by atoms with Gasteiger partial charge in [0.05, 0.1) is 6.61 Å². The fourth-order valence-corrected chi connectivity index (χ4v) is 2.04. The molecule has 8 heteroatoms. The van der Waals surface area contributed by atoms with Gasteiger partial charge in [-0.2, -0.15) is 0 Å². The molecule has 0 radical (unpaired) electrons. The van der Waals surface area contributed by atoms with E-state index < -0.39 is 24.0 Å². The van der Waals surface area contributed by atoms with Gasteiger partial charge in [-0.15, -0.1) is 0 Å². The van der Waals surface area contributed by atoms with Crippen molar-refractivity contribution in [1.29, 1.82) is 0 Å². The maximum absolute atomic E-state index is 11.8. The van der Waals surface area contributed by atoms with Crippen LogP contribution in [0.4, 0.5) is 0 Å². The number of carbonyl (C=O) groups is 4. The van der Waals surface area contributed by atoms with Crippen molar-refractivity contribution in [3.63, 3.8) is 0 Å². The number of rotatable bonds is 10. The van der Waals surface area contributed by atoms with E-state index in [9.17, 15) is 19.2 Å². The normalized spacial score (nSPS) is 12.4. The summed E-state index contributed by atoms with van der Waals surface area (Å²) in [5, 5.41) is 2.26. The van der Waals surface area contributed by atoms with Crippen LogP contribution < -0.4 is 5.32 Å². The van der Waals surface area contributed by atoms with Gasteiger partial charge >= 0.3 is 17.9 Å². The summed E-state index contributed by atoms with van der Waals surface area (Å²) in [6.07, 6.45) is -1.07. The first kappa shape index (κ1) is 22.1. The first-order valence-electron chi connectivity index (χ1n) is 8.64. The number of hydrogen-bond donors (Lipinski definition) is 1. The number of carbonyl (C=O) groups excluding carboxylic acids is 4. The van der Waals surface area contributed by atoms with Crippen LogP contribution in [-0.2, 0) is 33.4 Å². The van der Waals surface area contributed by atoms with Crippen LogP contribution in [0, 0.1) is 0 Å². The van der Waals surface area contributed by atoms with Crippen molar-refractivity contribution in [3.8, 4) is 0 Å². The number of esters is 3. The number of hydrogen-bond acceptors (Lipinski definition) is 7. The summed E-state index contributed by atoms with van der Waals surface area (Å²) in [6.45, 7) is 4.09. The third kappa shape index (κ3) is 9.39. The molecule has 0 bridgehead atoms. The summed E-state index contributed by atoms with van der Waals surface area (Å²) in [4.78, 5) is 45.6. The van der Waals surface area contributed by atoms with Crippen LogP contribution in [0.15, 0.2) is 30.3 Å². The molecule has 0 heterocycles. The highest BCUT2D eigenvalue weighted by Gasteiger charge is 2.19. The van der Waals surface area contributed by atoms with E-state index in [2.05, 4.69) is 5.32 Å². The zero-order valence-corrected chi connectivity index (χ0v) is 15.7. The van der Waals surface area contributed by atoms with Gasteiger partial charge in [0.25, 0.3) is 0 Å². The van der Waals surface area contributed by atoms with Crippen LogP contribution in [0.5, 0.6) is 0 Å². The van der Waals surface area contributed by atoms with Gasteiger partial charge in [-0.25, -0.2) is 4.79 Å². The van der Waals surface area contributed by atoms with Crippen LogP contribution in [0.3, 0.4) is 0 Å². The number of amides is 1. The van der Waals surface area contributed by atoms with Crippen molar-refractivity contribution >= 4 is 23.8 Å². The molecule has 0 fully saturated rings. The largest absolute Gasteiger partial charge is 0.463 e. The average Bonchev–Trinajstić information content (AvgIpc) is 2.64. The summed E-state index contributed by atoms with van der Waals surface area (Å²) < 4.78 is 15.1. The molecule has 0 aliphatic carbocycles. The maximum Gasteiger partial charge on any atom is 0.347 e. The third-order valence-corrected chi connectivity index (χ3v) is 3.47. The van der Waals surface area contributed by atoms with Gasteiger partial charge in [0.1, 0.15) is 12.6 Å². The number of benzene rings is 1.